The molecule has 0 atom stereocenters. The third-order valence-electron chi connectivity index (χ3n) is 4.21. The van der Waals surface area contributed by atoms with Crippen molar-refractivity contribution in [2.24, 2.45) is 0 Å². The molecule has 0 unspecified atom stereocenters. The fraction of sp³-hybridized carbons (Fsp3) is 0.100. The molecular formula is C20H18N4O3. The number of benzene rings is 2. The fourth-order valence-electron chi connectivity index (χ4n) is 2.84. The van der Waals surface area contributed by atoms with Gasteiger partial charge in [0.2, 0.25) is 5.78 Å². The van der Waals surface area contributed by atoms with Crippen LogP contribution in [0.1, 0.15) is 0 Å². The van der Waals surface area contributed by atoms with Crippen LogP contribution in [0.4, 0.5) is 11.5 Å². The zero-order valence-electron chi connectivity index (χ0n) is 14.9. The maximum absolute atomic E-state index is 9.89. The van der Waals surface area contributed by atoms with E-state index in [1.165, 1.54) is 7.11 Å². The van der Waals surface area contributed by atoms with E-state index in [9.17, 15) is 5.11 Å². The molecule has 4 aromatic rings. The lowest BCUT2D eigenvalue weighted by Gasteiger charge is -2.10. The van der Waals surface area contributed by atoms with Gasteiger partial charge in [-0.2, -0.15) is 0 Å². The van der Waals surface area contributed by atoms with Gasteiger partial charge in [0, 0.05) is 23.6 Å². The lowest BCUT2D eigenvalue weighted by atomic mass is 10.1. The Bertz CT molecular complexity index is 1090. The van der Waals surface area contributed by atoms with Gasteiger partial charge >= 0.3 is 0 Å². The Morgan fingerprint density at radius 3 is 2.59 bits per heavy atom. The number of ether oxygens (including phenoxy) is 2. The topological polar surface area (TPSA) is 80.9 Å². The molecule has 2 aromatic carbocycles. The van der Waals surface area contributed by atoms with E-state index in [1.807, 2.05) is 40.9 Å². The molecule has 0 aliphatic heterocycles. The number of phenols is 1. The van der Waals surface area contributed by atoms with Gasteiger partial charge in [0.15, 0.2) is 11.5 Å². The molecule has 0 spiro atoms. The molecule has 0 amide bonds. The lowest BCUT2D eigenvalue weighted by Crippen LogP contribution is -1.97. The molecule has 27 heavy (non-hydrogen) atoms. The smallest absolute Gasteiger partial charge is 0.235 e. The molecule has 0 fully saturated rings. The van der Waals surface area contributed by atoms with Crippen LogP contribution in [0.25, 0.3) is 17.0 Å². The molecule has 0 radical (unpaired) electrons. The number of anilines is 2. The normalized spacial score (nSPS) is 10.7. The Labute approximate surface area is 155 Å². The highest BCUT2D eigenvalue weighted by atomic mass is 16.5. The highest BCUT2D eigenvalue weighted by Crippen LogP contribution is 2.35. The standard InChI is InChI=1S/C20H18N4O3/c1-26-15-7-5-14(6-8-15)22-19-18(23-20-21-10-3-11-24(19)20)13-4-9-16(25)17(12-13)27-2/h3-12,22,25H,1-2H3. The van der Waals surface area contributed by atoms with Crippen LogP contribution < -0.4 is 14.8 Å². The minimum Gasteiger partial charge on any atom is -0.504 e. The number of phenolic OH excluding ortho intramolecular Hbond substituents is 1. The van der Waals surface area contributed by atoms with Gasteiger partial charge < -0.3 is 19.9 Å². The Morgan fingerprint density at radius 1 is 1.04 bits per heavy atom. The minimum absolute atomic E-state index is 0.0767. The molecule has 0 saturated heterocycles. The van der Waals surface area contributed by atoms with Gasteiger partial charge in [0.25, 0.3) is 0 Å². The van der Waals surface area contributed by atoms with E-state index in [4.69, 9.17) is 9.47 Å². The van der Waals surface area contributed by atoms with Crippen molar-refractivity contribution >= 4 is 17.3 Å². The van der Waals surface area contributed by atoms with Crippen LogP contribution in [0, 0.1) is 0 Å². The Morgan fingerprint density at radius 2 is 1.85 bits per heavy atom. The number of aromatic nitrogens is 3. The fourth-order valence-corrected chi connectivity index (χ4v) is 2.84. The quantitative estimate of drug-likeness (QED) is 0.561. The average molecular weight is 362 g/mol. The molecule has 0 aliphatic carbocycles. The molecular weight excluding hydrogens is 344 g/mol. The van der Waals surface area contributed by atoms with Crippen molar-refractivity contribution in [3.63, 3.8) is 0 Å². The number of aromatic hydroxyl groups is 1. The summed E-state index contributed by atoms with van der Waals surface area (Å²) in [6.07, 6.45) is 3.59. The predicted molar refractivity (Wildman–Crippen MR) is 103 cm³/mol. The van der Waals surface area contributed by atoms with E-state index >= 15 is 0 Å². The molecule has 0 saturated carbocycles. The van der Waals surface area contributed by atoms with Crippen molar-refractivity contribution in [1.82, 2.24) is 14.4 Å². The summed E-state index contributed by atoms with van der Waals surface area (Å²) in [4.78, 5) is 8.97. The van der Waals surface area contributed by atoms with Gasteiger partial charge in [-0.25, -0.2) is 9.97 Å². The van der Waals surface area contributed by atoms with Gasteiger partial charge in [-0.1, -0.05) is 0 Å². The van der Waals surface area contributed by atoms with Gasteiger partial charge in [-0.3, -0.25) is 4.40 Å². The largest absolute Gasteiger partial charge is 0.504 e. The second kappa shape index (κ2) is 6.87. The SMILES string of the molecule is COc1ccc(Nc2c(-c3ccc(O)c(OC)c3)nc3ncccn23)cc1. The first kappa shape index (κ1) is 16.7. The number of fused-ring (bicyclic) bond motifs is 1. The summed E-state index contributed by atoms with van der Waals surface area (Å²) >= 11 is 0. The first-order valence-electron chi connectivity index (χ1n) is 8.31. The van der Waals surface area contributed by atoms with Gasteiger partial charge in [-0.05, 0) is 48.5 Å². The highest BCUT2D eigenvalue weighted by molar-refractivity contribution is 5.80. The number of methoxy groups -OCH3 is 2. The van der Waals surface area contributed by atoms with Crippen molar-refractivity contribution in [3.05, 3.63) is 60.9 Å². The molecule has 7 nitrogen and oxygen atoms in total. The molecule has 4 rings (SSSR count). The number of nitrogens with one attached hydrogen (secondary N) is 1. The van der Waals surface area contributed by atoms with Gasteiger partial charge in [0.1, 0.15) is 17.3 Å². The van der Waals surface area contributed by atoms with Gasteiger partial charge in [-0.15, -0.1) is 0 Å². The monoisotopic (exact) mass is 362 g/mol. The van der Waals surface area contributed by atoms with E-state index in [0.29, 0.717) is 17.2 Å². The number of nitrogens with zero attached hydrogens (tertiary/aromatic N) is 3. The molecule has 2 aromatic heterocycles. The maximum atomic E-state index is 9.89. The zero-order chi connectivity index (χ0) is 18.8. The van der Waals surface area contributed by atoms with Crippen molar-refractivity contribution in [2.45, 2.75) is 0 Å². The van der Waals surface area contributed by atoms with Crippen LogP contribution in [0.15, 0.2) is 60.9 Å². The van der Waals surface area contributed by atoms with Crippen molar-refractivity contribution < 1.29 is 14.6 Å². The van der Waals surface area contributed by atoms with Crippen LogP contribution in [-0.4, -0.2) is 33.7 Å². The summed E-state index contributed by atoms with van der Waals surface area (Å²) in [6.45, 7) is 0. The first-order chi connectivity index (χ1) is 13.2. The summed E-state index contributed by atoms with van der Waals surface area (Å²) in [6, 6.07) is 14.6. The van der Waals surface area contributed by atoms with E-state index < -0.39 is 0 Å². The third-order valence-corrected chi connectivity index (χ3v) is 4.21. The number of imidazole rings is 1. The second-order valence-corrected chi connectivity index (χ2v) is 5.84. The predicted octanol–water partition coefficient (Wildman–Crippen LogP) is 3.86. The van der Waals surface area contributed by atoms with E-state index in [2.05, 4.69) is 15.3 Å². The van der Waals surface area contributed by atoms with Crippen LogP contribution in [0.5, 0.6) is 17.2 Å². The summed E-state index contributed by atoms with van der Waals surface area (Å²) < 4.78 is 12.3. The van der Waals surface area contributed by atoms with Crippen molar-refractivity contribution in [2.75, 3.05) is 19.5 Å². The number of hydrogen-bond donors (Lipinski definition) is 2. The Hall–Kier alpha value is -3.74. The average Bonchev–Trinajstić information content (AvgIpc) is 3.07. The third kappa shape index (κ3) is 3.10. The van der Waals surface area contributed by atoms with Crippen LogP contribution in [0.2, 0.25) is 0 Å². The number of hydrogen-bond acceptors (Lipinski definition) is 6. The van der Waals surface area contributed by atoms with Crippen molar-refractivity contribution in [3.8, 4) is 28.5 Å². The van der Waals surface area contributed by atoms with Crippen molar-refractivity contribution in [1.29, 1.82) is 0 Å². The molecule has 136 valence electrons. The molecule has 0 aliphatic rings. The van der Waals surface area contributed by atoms with E-state index in [-0.39, 0.29) is 5.75 Å². The Kier molecular flexibility index (Phi) is 4.25. The van der Waals surface area contributed by atoms with Crippen LogP contribution in [0.3, 0.4) is 0 Å². The lowest BCUT2D eigenvalue weighted by molar-refractivity contribution is 0.373. The van der Waals surface area contributed by atoms with Gasteiger partial charge in [0.05, 0.1) is 14.2 Å². The summed E-state index contributed by atoms with van der Waals surface area (Å²) in [7, 11) is 3.15. The van der Waals surface area contributed by atoms with E-state index in [0.717, 1.165) is 22.8 Å². The molecule has 7 heteroatoms. The summed E-state index contributed by atoms with van der Waals surface area (Å²) in [5.74, 6) is 2.57. The maximum Gasteiger partial charge on any atom is 0.235 e. The number of rotatable bonds is 5. The minimum atomic E-state index is 0.0767. The Balaban J connectivity index is 1.84. The first-order valence-corrected chi connectivity index (χ1v) is 8.31. The highest BCUT2D eigenvalue weighted by Gasteiger charge is 2.16. The molecule has 2 N–H and O–H groups in total. The summed E-state index contributed by atoms with van der Waals surface area (Å²) in [5.41, 5.74) is 2.38. The zero-order valence-corrected chi connectivity index (χ0v) is 14.9. The van der Waals surface area contributed by atoms with Crippen LogP contribution in [-0.2, 0) is 0 Å². The molecule has 0 bridgehead atoms. The second-order valence-electron chi connectivity index (χ2n) is 5.84. The molecule has 2 heterocycles. The van der Waals surface area contributed by atoms with E-state index in [1.54, 1.807) is 31.5 Å². The summed E-state index contributed by atoms with van der Waals surface area (Å²) in [5, 5.41) is 13.3. The van der Waals surface area contributed by atoms with Crippen LogP contribution >= 0.6 is 0 Å².